The van der Waals surface area contributed by atoms with Crippen LogP contribution in [0.3, 0.4) is 0 Å². The lowest BCUT2D eigenvalue weighted by atomic mass is 10.0. The Kier molecular flexibility index (Phi) is 44.9. The van der Waals surface area contributed by atoms with E-state index >= 15 is 0 Å². The topological polar surface area (TPSA) is 95.9 Å². The van der Waals surface area contributed by atoms with E-state index in [0.29, 0.717) is 19.3 Å². The van der Waals surface area contributed by atoms with Crippen LogP contribution >= 0.6 is 0 Å². The SMILES string of the molecule is CC/C=C/C=C/C=C/C=C\CCCCCCCC(=O)OC(/C=C/C/C=C/C/C=C/C/C=C/C/C=C/CC)CC(=O)NC(CO)C(O)CCCCCCCCCCCCCCC. The number of carbonyl (C=O) groups excluding carboxylic acids is 2. The number of allylic oxidation sites excluding steroid dienone is 17. The Morgan fingerprint density at radius 3 is 1.52 bits per heavy atom. The second-order valence-corrected chi connectivity index (χ2v) is 16.2. The second kappa shape index (κ2) is 47.6. The van der Waals surface area contributed by atoms with E-state index in [1.165, 1.54) is 64.2 Å². The molecule has 346 valence electrons. The highest BCUT2D eigenvalue weighted by molar-refractivity contribution is 5.78. The highest BCUT2D eigenvalue weighted by Gasteiger charge is 2.23. The third-order valence-corrected chi connectivity index (χ3v) is 10.4. The fourth-order valence-corrected chi connectivity index (χ4v) is 6.75. The molecule has 0 bridgehead atoms. The minimum absolute atomic E-state index is 0.0622. The monoisotopic (exact) mass is 846 g/mol. The number of nitrogens with one attached hydrogen (secondary N) is 1. The van der Waals surface area contributed by atoms with Crippen LogP contribution in [0.15, 0.2) is 109 Å². The van der Waals surface area contributed by atoms with Gasteiger partial charge in [-0.25, -0.2) is 0 Å². The van der Waals surface area contributed by atoms with Crippen LogP contribution in [0.25, 0.3) is 0 Å². The van der Waals surface area contributed by atoms with E-state index in [1.54, 1.807) is 6.08 Å². The number of hydrogen-bond donors (Lipinski definition) is 3. The molecule has 3 unspecified atom stereocenters. The van der Waals surface area contributed by atoms with E-state index in [0.717, 1.165) is 89.9 Å². The summed E-state index contributed by atoms with van der Waals surface area (Å²) in [5.74, 6) is -0.666. The average Bonchev–Trinajstić information content (AvgIpc) is 3.25. The number of aliphatic hydroxyl groups excluding tert-OH is 2. The minimum atomic E-state index is -0.829. The molecule has 61 heavy (non-hydrogen) atoms. The highest BCUT2D eigenvalue weighted by Crippen LogP contribution is 2.15. The lowest BCUT2D eigenvalue weighted by molar-refractivity contribution is -0.148. The smallest absolute Gasteiger partial charge is 0.306 e. The van der Waals surface area contributed by atoms with Gasteiger partial charge < -0.3 is 20.3 Å². The molecule has 6 heteroatoms. The summed E-state index contributed by atoms with van der Waals surface area (Å²) in [5, 5.41) is 23.7. The number of amides is 1. The van der Waals surface area contributed by atoms with Crippen LogP contribution < -0.4 is 5.32 Å². The summed E-state index contributed by atoms with van der Waals surface area (Å²) >= 11 is 0. The molecule has 0 heterocycles. The molecule has 0 saturated carbocycles. The zero-order chi connectivity index (χ0) is 44.5. The van der Waals surface area contributed by atoms with Gasteiger partial charge in [0, 0.05) is 6.42 Å². The van der Waals surface area contributed by atoms with Crippen molar-refractivity contribution >= 4 is 11.9 Å². The van der Waals surface area contributed by atoms with Gasteiger partial charge in [0.25, 0.3) is 0 Å². The summed E-state index contributed by atoms with van der Waals surface area (Å²) < 4.78 is 5.80. The third kappa shape index (κ3) is 43.0. The maximum absolute atomic E-state index is 13.2. The van der Waals surface area contributed by atoms with Crippen molar-refractivity contribution in [1.82, 2.24) is 5.32 Å². The van der Waals surface area contributed by atoms with E-state index in [9.17, 15) is 19.8 Å². The van der Waals surface area contributed by atoms with Gasteiger partial charge in [0.15, 0.2) is 0 Å². The first-order valence-corrected chi connectivity index (χ1v) is 24.7. The van der Waals surface area contributed by atoms with Gasteiger partial charge in [-0.05, 0) is 70.3 Å². The highest BCUT2D eigenvalue weighted by atomic mass is 16.5. The van der Waals surface area contributed by atoms with Gasteiger partial charge in [0.2, 0.25) is 5.91 Å². The molecule has 0 aliphatic rings. The first-order valence-electron chi connectivity index (χ1n) is 24.7. The Bertz CT molecular complexity index is 1270. The molecule has 6 nitrogen and oxygen atoms in total. The van der Waals surface area contributed by atoms with Crippen LogP contribution in [-0.4, -0.2) is 46.9 Å². The number of rotatable bonds is 42. The first kappa shape index (κ1) is 57.5. The van der Waals surface area contributed by atoms with Crippen molar-refractivity contribution < 1.29 is 24.5 Å². The van der Waals surface area contributed by atoms with Gasteiger partial charge in [-0.1, -0.05) is 227 Å². The average molecular weight is 846 g/mol. The Labute approximate surface area is 375 Å². The first-order chi connectivity index (χ1) is 30.0. The van der Waals surface area contributed by atoms with E-state index < -0.39 is 18.2 Å². The van der Waals surface area contributed by atoms with E-state index in [2.05, 4.69) is 99.0 Å². The molecular formula is C55H91NO5. The predicted molar refractivity (Wildman–Crippen MR) is 263 cm³/mol. The van der Waals surface area contributed by atoms with Crippen molar-refractivity contribution in [1.29, 1.82) is 0 Å². The molecule has 0 spiro atoms. The molecule has 0 radical (unpaired) electrons. The zero-order valence-corrected chi connectivity index (χ0v) is 39.2. The summed E-state index contributed by atoms with van der Waals surface area (Å²) in [6.45, 7) is 6.17. The van der Waals surface area contributed by atoms with Crippen LogP contribution in [0.5, 0.6) is 0 Å². The number of esters is 1. The summed E-state index contributed by atoms with van der Waals surface area (Å²) in [4.78, 5) is 26.0. The van der Waals surface area contributed by atoms with Crippen molar-refractivity contribution in [3.63, 3.8) is 0 Å². The zero-order valence-electron chi connectivity index (χ0n) is 39.2. The van der Waals surface area contributed by atoms with Gasteiger partial charge in [-0.3, -0.25) is 9.59 Å². The largest absolute Gasteiger partial charge is 0.458 e. The van der Waals surface area contributed by atoms with E-state index in [4.69, 9.17) is 4.74 Å². The van der Waals surface area contributed by atoms with E-state index in [-0.39, 0.29) is 24.9 Å². The maximum atomic E-state index is 13.2. The Hall–Kier alpha value is -3.48. The maximum Gasteiger partial charge on any atom is 0.306 e. The number of carbonyl (C=O) groups is 2. The van der Waals surface area contributed by atoms with Gasteiger partial charge >= 0.3 is 5.97 Å². The fraction of sp³-hybridized carbons (Fsp3) is 0.636. The Balaban J connectivity index is 4.80. The lowest BCUT2D eigenvalue weighted by Gasteiger charge is -2.23. The lowest BCUT2D eigenvalue weighted by Crippen LogP contribution is -2.46. The van der Waals surface area contributed by atoms with Crippen LogP contribution in [-0.2, 0) is 14.3 Å². The molecule has 0 saturated heterocycles. The molecule has 3 N–H and O–H groups in total. The number of aliphatic hydroxyl groups is 2. The van der Waals surface area contributed by atoms with Crippen LogP contribution in [0.4, 0.5) is 0 Å². The molecule has 0 aliphatic carbocycles. The van der Waals surface area contributed by atoms with Crippen molar-refractivity contribution in [2.24, 2.45) is 0 Å². The molecule has 0 rings (SSSR count). The molecule has 0 aromatic heterocycles. The molecule has 0 fully saturated rings. The van der Waals surface area contributed by atoms with Gasteiger partial charge in [0.05, 0.1) is 25.2 Å². The minimum Gasteiger partial charge on any atom is -0.458 e. The van der Waals surface area contributed by atoms with Crippen LogP contribution in [0.2, 0.25) is 0 Å². The second-order valence-electron chi connectivity index (χ2n) is 16.2. The van der Waals surface area contributed by atoms with Crippen molar-refractivity contribution in [3.05, 3.63) is 109 Å². The van der Waals surface area contributed by atoms with Crippen molar-refractivity contribution in [3.8, 4) is 0 Å². The summed E-state index contributed by atoms with van der Waals surface area (Å²) in [6, 6.07) is -0.753. The number of ether oxygens (including phenoxy) is 1. The molecule has 3 atom stereocenters. The third-order valence-electron chi connectivity index (χ3n) is 10.4. The van der Waals surface area contributed by atoms with Crippen molar-refractivity contribution in [2.75, 3.05) is 6.61 Å². The standard InChI is InChI=1S/C55H91NO5/c1-4-7-10-13-16-19-22-25-27-30-33-36-39-42-45-48-55(60)61-51(46-43-40-37-34-31-29-26-23-20-17-14-11-8-5-2)49-54(59)56-52(50-57)53(58)47-44-41-38-35-32-28-24-21-18-15-12-9-6-3/h7-8,10-11,13,16-17,19-20,22,25-27,29,34,37,43,46,51-53,57-58H,4-6,9,12,14-15,18,21,23-24,28,30-33,35-36,38-42,44-45,47-50H2,1-3H3,(H,56,59)/b10-7+,11-8+,16-13+,20-17+,22-19+,27-25-,29-26+,37-34+,46-43+. The summed E-state index contributed by atoms with van der Waals surface area (Å²) in [6.07, 6.45) is 64.6. The predicted octanol–water partition coefficient (Wildman–Crippen LogP) is 14.7. The molecular weight excluding hydrogens is 755 g/mol. The number of hydrogen-bond acceptors (Lipinski definition) is 5. The summed E-state index contributed by atoms with van der Waals surface area (Å²) in [7, 11) is 0. The summed E-state index contributed by atoms with van der Waals surface area (Å²) in [5.41, 5.74) is 0. The quantitative estimate of drug-likeness (QED) is 0.0246. The van der Waals surface area contributed by atoms with Gasteiger partial charge in [0.1, 0.15) is 6.10 Å². The van der Waals surface area contributed by atoms with Crippen LogP contribution in [0.1, 0.15) is 201 Å². The fourth-order valence-electron chi connectivity index (χ4n) is 6.75. The van der Waals surface area contributed by atoms with Gasteiger partial charge in [-0.2, -0.15) is 0 Å². The normalized spacial score (nSPS) is 14.2. The Morgan fingerprint density at radius 2 is 0.984 bits per heavy atom. The van der Waals surface area contributed by atoms with E-state index in [1.807, 2.05) is 30.4 Å². The Morgan fingerprint density at radius 1 is 0.525 bits per heavy atom. The number of unbranched alkanes of at least 4 members (excludes halogenated alkanes) is 17. The molecule has 1 amide bonds. The van der Waals surface area contributed by atoms with Crippen molar-refractivity contribution in [2.45, 2.75) is 219 Å². The molecule has 0 aromatic rings. The molecule has 0 aliphatic heterocycles. The van der Waals surface area contributed by atoms with Gasteiger partial charge in [-0.15, -0.1) is 0 Å². The molecule has 0 aromatic carbocycles. The van der Waals surface area contributed by atoms with Crippen LogP contribution in [0, 0.1) is 0 Å².